The molecule has 0 unspecified atom stereocenters. The predicted molar refractivity (Wildman–Crippen MR) is 109 cm³/mol. The van der Waals surface area contributed by atoms with Crippen LogP contribution in [0.3, 0.4) is 0 Å². The highest BCUT2D eigenvalue weighted by Gasteiger charge is 2.25. The minimum Gasteiger partial charge on any atom is -0.326 e. The van der Waals surface area contributed by atoms with Gasteiger partial charge in [0.25, 0.3) is 0 Å². The Balaban J connectivity index is 1.47. The third-order valence-corrected chi connectivity index (χ3v) is 4.96. The Morgan fingerprint density at radius 2 is 1.67 bits per heavy atom. The summed E-state index contributed by atoms with van der Waals surface area (Å²) in [5.74, 6) is -0.0309. The van der Waals surface area contributed by atoms with Crippen LogP contribution >= 0.6 is 11.6 Å². The first-order valence-electron chi connectivity index (χ1n) is 9.15. The fourth-order valence-corrected chi connectivity index (χ4v) is 3.54. The molecule has 2 N–H and O–H groups in total. The summed E-state index contributed by atoms with van der Waals surface area (Å²) in [5, 5.41) is 6.44. The summed E-state index contributed by atoms with van der Waals surface area (Å²) in [6.45, 7) is 4.12. The Bertz CT molecular complexity index is 799. The standard InChI is InChI=1S/C21H24ClN3O2/c1-15(26)23-19-5-7-20(8-6-19)24-21(27)17-9-11-25(12-10-17)14-16-3-2-4-18(22)13-16/h2-8,13,17H,9-12,14H2,1H3,(H,23,26)(H,24,27). The van der Waals surface area contributed by atoms with Gasteiger partial charge in [0.15, 0.2) is 0 Å². The number of carbonyl (C=O) groups is 2. The number of piperidine rings is 1. The summed E-state index contributed by atoms with van der Waals surface area (Å²) in [6, 6.07) is 15.1. The molecular weight excluding hydrogens is 362 g/mol. The summed E-state index contributed by atoms with van der Waals surface area (Å²) in [5.41, 5.74) is 2.66. The maximum absolute atomic E-state index is 12.5. The van der Waals surface area contributed by atoms with Crippen molar-refractivity contribution in [2.45, 2.75) is 26.3 Å². The first-order valence-corrected chi connectivity index (χ1v) is 9.53. The smallest absolute Gasteiger partial charge is 0.227 e. The fourth-order valence-electron chi connectivity index (χ4n) is 3.33. The number of amides is 2. The number of anilines is 2. The van der Waals surface area contributed by atoms with Gasteiger partial charge in [-0.25, -0.2) is 0 Å². The number of nitrogens with one attached hydrogen (secondary N) is 2. The van der Waals surface area contributed by atoms with Gasteiger partial charge >= 0.3 is 0 Å². The summed E-state index contributed by atoms with van der Waals surface area (Å²) in [4.78, 5) is 25.9. The van der Waals surface area contributed by atoms with Crippen molar-refractivity contribution >= 4 is 34.8 Å². The van der Waals surface area contributed by atoms with Crippen molar-refractivity contribution in [3.63, 3.8) is 0 Å². The quantitative estimate of drug-likeness (QED) is 0.812. The van der Waals surface area contributed by atoms with E-state index in [0.29, 0.717) is 0 Å². The molecule has 0 atom stereocenters. The van der Waals surface area contributed by atoms with Gasteiger partial charge in [-0.1, -0.05) is 23.7 Å². The Morgan fingerprint density at radius 1 is 1.04 bits per heavy atom. The third kappa shape index (κ3) is 5.81. The highest BCUT2D eigenvalue weighted by Crippen LogP contribution is 2.22. The molecule has 1 fully saturated rings. The largest absolute Gasteiger partial charge is 0.326 e. The van der Waals surface area contributed by atoms with Crippen LogP contribution in [0.2, 0.25) is 5.02 Å². The first kappa shape index (κ1) is 19.4. The summed E-state index contributed by atoms with van der Waals surface area (Å²) in [7, 11) is 0. The highest BCUT2D eigenvalue weighted by atomic mass is 35.5. The van der Waals surface area contributed by atoms with Crippen LogP contribution < -0.4 is 10.6 Å². The van der Waals surface area contributed by atoms with E-state index in [4.69, 9.17) is 11.6 Å². The SMILES string of the molecule is CC(=O)Nc1ccc(NC(=O)C2CCN(Cc3cccc(Cl)c3)CC2)cc1. The van der Waals surface area contributed by atoms with E-state index in [2.05, 4.69) is 21.6 Å². The fraction of sp³-hybridized carbons (Fsp3) is 0.333. The molecule has 27 heavy (non-hydrogen) atoms. The van der Waals surface area contributed by atoms with Crippen molar-refractivity contribution in [2.75, 3.05) is 23.7 Å². The molecule has 2 amide bonds. The van der Waals surface area contributed by atoms with Crippen molar-refractivity contribution in [2.24, 2.45) is 5.92 Å². The first-order chi connectivity index (χ1) is 13.0. The molecule has 2 aromatic rings. The summed E-state index contributed by atoms with van der Waals surface area (Å²) in [6.07, 6.45) is 1.69. The molecule has 1 saturated heterocycles. The van der Waals surface area contributed by atoms with Gasteiger partial charge in [-0.05, 0) is 67.9 Å². The van der Waals surface area contributed by atoms with Gasteiger partial charge < -0.3 is 10.6 Å². The lowest BCUT2D eigenvalue weighted by Crippen LogP contribution is -2.37. The molecule has 5 nitrogen and oxygen atoms in total. The molecule has 0 radical (unpaired) electrons. The van der Waals surface area contributed by atoms with Crippen LogP contribution in [0.25, 0.3) is 0 Å². The minimum atomic E-state index is -0.115. The van der Waals surface area contributed by atoms with Crippen LogP contribution in [0.1, 0.15) is 25.3 Å². The normalized spacial score (nSPS) is 15.3. The average Bonchev–Trinajstić information content (AvgIpc) is 2.63. The maximum Gasteiger partial charge on any atom is 0.227 e. The Morgan fingerprint density at radius 3 is 2.26 bits per heavy atom. The molecule has 142 valence electrons. The van der Waals surface area contributed by atoms with Crippen LogP contribution in [0.15, 0.2) is 48.5 Å². The molecule has 0 aliphatic carbocycles. The van der Waals surface area contributed by atoms with Crippen LogP contribution in [-0.4, -0.2) is 29.8 Å². The predicted octanol–water partition coefficient (Wildman–Crippen LogP) is 4.15. The lowest BCUT2D eigenvalue weighted by Gasteiger charge is -2.31. The van der Waals surface area contributed by atoms with E-state index in [0.717, 1.165) is 48.9 Å². The van der Waals surface area contributed by atoms with Crippen LogP contribution in [0.5, 0.6) is 0 Å². The van der Waals surface area contributed by atoms with Crippen molar-refractivity contribution in [3.8, 4) is 0 Å². The number of nitrogens with zero attached hydrogens (tertiary/aromatic N) is 1. The number of carbonyl (C=O) groups excluding carboxylic acids is 2. The third-order valence-electron chi connectivity index (χ3n) is 4.73. The van der Waals surface area contributed by atoms with E-state index < -0.39 is 0 Å². The van der Waals surface area contributed by atoms with Crippen LogP contribution in [0, 0.1) is 5.92 Å². The van der Waals surface area contributed by atoms with E-state index in [1.165, 1.54) is 12.5 Å². The Labute approximate surface area is 164 Å². The van der Waals surface area contributed by atoms with Crippen LogP contribution in [0.4, 0.5) is 11.4 Å². The van der Waals surface area contributed by atoms with Gasteiger partial charge in [0.1, 0.15) is 0 Å². The average molecular weight is 386 g/mol. The molecule has 0 saturated carbocycles. The van der Waals surface area contributed by atoms with Crippen molar-refractivity contribution in [3.05, 3.63) is 59.1 Å². The molecular formula is C21H24ClN3O2. The molecule has 1 aliphatic heterocycles. The number of halogens is 1. The molecule has 6 heteroatoms. The number of rotatable bonds is 5. The second-order valence-electron chi connectivity index (χ2n) is 6.93. The monoisotopic (exact) mass is 385 g/mol. The Kier molecular flexibility index (Phi) is 6.48. The van der Waals surface area contributed by atoms with Crippen molar-refractivity contribution in [1.82, 2.24) is 4.90 Å². The number of likely N-dealkylation sites (tertiary alicyclic amines) is 1. The van der Waals surface area contributed by atoms with Crippen molar-refractivity contribution < 1.29 is 9.59 Å². The number of benzene rings is 2. The highest BCUT2D eigenvalue weighted by molar-refractivity contribution is 6.30. The lowest BCUT2D eigenvalue weighted by atomic mass is 9.95. The lowest BCUT2D eigenvalue weighted by molar-refractivity contribution is -0.121. The van der Waals surface area contributed by atoms with Gasteiger partial charge in [0, 0.05) is 35.8 Å². The van der Waals surface area contributed by atoms with Gasteiger partial charge in [-0.15, -0.1) is 0 Å². The zero-order valence-corrected chi connectivity index (χ0v) is 16.1. The molecule has 1 aliphatic rings. The van der Waals surface area contributed by atoms with Gasteiger partial charge in [-0.2, -0.15) is 0 Å². The topological polar surface area (TPSA) is 61.4 Å². The van der Waals surface area contributed by atoms with E-state index >= 15 is 0 Å². The Hall–Kier alpha value is -2.37. The zero-order valence-electron chi connectivity index (χ0n) is 15.4. The molecule has 0 spiro atoms. The zero-order chi connectivity index (χ0) is 19.2. The molecule has 0 bridgehead atoms. The maximum atomic E-state index is 12.5. The van der Waals surface area contributed by atoms with Gasteiger partial charge in [0.05, 0.1) is 0 Å². The number of hydrogen-bond acceptors (Lipinski definition) is 3. The molecule has 1 heterocycles. The van der Waals surface area contributed by atoms with Crippen molar-refractivity contribution in [1.29, 1.82) is 0 Å². The summed E-state index contributed by atoms with van der Waals surface area (Å²) >= 11 is 6.05. The van der Waals surface area contributed by atoms with Crippen LogP contribution in [-0.2, 0) is 16.1 Å². The molecule has 3 rings (SSSR count). The molecule has 2 aromatic carbocycles. The van der Waals surface area contributed by atoms with E-state index in [-0.39, 0.29) is 17.7 Å². The molecule has 0 aromatic heterocycles. The van der Waals surface area contributed by atoms with Gasteiger partial charge in [0.2, 0.25) is 11.8 Å². The summed E-state index contributed by atoms with van der Waals surface area (Å²) < 4.78 is 0. The second-order valence-corrected chi connectivity index (χ2v) is 7.36. The number of hydrogen-bond donors (Lipinski definition) is 2. The minimum absolute atomic E-state index is 0.0237. The van der Waals surface area contributed by atoms with E-state index in [1.807, 2.05) is 18.2 Å². The van der Waals surface area contributed by atoms with Gasteiger partial charge in [-0.3, -0.25) is 14.5 Å². The second kappa shape index (κ2) is 9.02. The van der Waals surface area contributed by atoms with E-state index in [9.17, 15) is 9.59 Å². The van der Waals surface area contributed by atoms with E-state index in [1.54, 1.807) is 24.3 Å².